The predicted molar refractivity (Wildman–Crippen MR) is 75.3 cm³/mol. The molecule has 4 heteroatoms. The summed E-state index contributed by atoms with van der Waals surface area (Å²) in [6.07, 6.45) is 3.16. The predicted octanol–water partition coefficient (Wildman–Crippen LogP) is 3.74. The minimum Gasteiger partial charge on any atom is -0.434 e. The van der Waals surface area contributed by atoms with Crippen LogP contribution in [0.1, 0.15) is 18.4 Å². The van der Waals surface area contributed by atoms with Gasteiger partial charge in [-0.25, -0.2) is 0 Å². The van der Waals surface area contributed by atoms with E-state index in [0.717, 1.165) is 35.7 Å². The Hall–Kier alpha value is -1.68. The summed E-state index contributed by atoms with van der Waals surface area (Å²) < 4.78 is 29.8. The second-order valence-corrected chi connectivity index (χ2v) is 5.15. The van der Waals surface area contributed by atoms with Crippen molar-refractivity contribution in [3.63, 3.8) is 0 Å². The van der Waals surface area contributed by atoms with Gasteiger partial charge >= 0.3 is 6.61 Å². The Bertz CT molecular complexity index is 589. The standard InChI is InChI=1S/C16H17F2NO/c17-16(18)20-14-8-2-5-11-4-1-6-12(15(11)14)10-13-7-3-9-19-13/h1-2,4-6,8,13,16,19H,3,7,9-10H2/t13-/m1/s1. The lowest BCUT2D eigenvalue weighted by Gasteiger charge is -2.15. The summed E-state index contributed by atoms with van der Waals surface area (Å²) in [4.78, 5) is 0. The molecule has 0 radical (unpaired) electrons. The number of fused-ring (bicyclic) bond motifs is 1. The van der Waals surface area contributed by atoms with E-state index in [9.17, 15) is 8.78 Å². The highest BCUT2D eigenvalue weighted by Crippen LogP contribution is 2.31. The maximum absolute atomic E-state index is 12.6. The number of halogens is 2. The number of alkyl halides is 2. The summed E-state index contributed by atoms with van der Waals surface area (Å²) in [5.74, 6) is 0.270. The van der Waals surface area contributed by atoms with Crippen molar-refractivity contribution >= 4 is 10.8 Å². The van der Waals surface area contributed by atoms with E-state index in [1.54, 1.807) is 12.1 Å². The molecule has 2 nitrogen and oxygen atoms in total. The van der Waals surface area contributed by atoms with Crippen molar-refractivity contribution < 1.29 is 13.5 Å². The van der Waals surface area contributed by atoms with E-state index in [4.69, 9.17) is 0 Å². The van der Waals surface area contributed by atoms with E-state index in [1.165, 1.54) is 6.42 Å². The summed E-state index contributed by atoms with van der Waals surface area (Å²) in [6.45, 7) is -1.76. The molecule has 0 aromatic heterocycles. The van der Waals surface area contributed by atoms with Crippen molar-refractivity contribution in [3.05, 3.63) is 42.0 Å². The first-order chi connectivity index (χ1) is 9.74. The Kier molecular flexibility index (Phi) is 3.83. The summed E-state index contributed by atoms with van der Waals surface area (Å²) >= 11 is 0. The SMILES string of the molecule is FC(F)Oc1cccc2cccc(C[C@H]3CCCN3)c12. The van der Waals surface area contributed by atoms with Gasteiger partial charge in [0, 0.05) is 11.4 Å². The van der Waals surface area contributed by atoms with Crippen molar-refractivity contribution in [2.75, 3.05) is 6.54 Å². The zero-order chi connectivity index (χ0) is 13.9. The number of hydrogen-bond donors (Lipinski definition) is 1. The van der Waals surface area contributed by atoms with Gasteiger partial charge in [-0.2, -0.15) is 8.78 Å². The largest absolute Gasteiger partial charge is 0.434 e. The molecular weight excluding hydrogens is 260 g/mol. The highest BCUT2D eigenvalue weighted by Gasteiger charge is 2.17. The molecule has 1 atom stereocenters. The molecule has 0 amide bonds. The summed E-state index contributed by atoms with van der Waals surface area (Å²) in [5.41, 5.74) is 1.07. The van der Waals surface area contributed by atoms with Crippen LogP contribution in [0.15, 0.2) is 36.4 Å². The van der Waals surface area contributed by atoms with Gasteiger partial charge in [0.05, 0.1) is 0 Å². The Labute approximate surface area is 116 Å². The van der Waals surface area contributed by atoms with Crippen LogP contribution in [0.3, 0.4) is 0 Å². The van der Waals surface area contributed by atoms with Crippen LogP contribution in [0, 0.1) is 0 Å². The highest BCUT2D eigenvalue weighted by molar-refractivity contribution is 5.91. The van der Waals surface area contributed by atoms with Gasteiger partial charge in [0.1, 0.15) is 5.75 Å². The number of hydrogen-bond acceptors (Lipinski definition) is 2. The van der Waals surface area contributed by atoms with Gasteiger partial charge in [0.25, 0.3) is 0 Å². The monoisotopic (exact) mass is 277 g/mol. The van der Waals surface area contributed by atoms with Crippen LogP contribution in [0.2, 0.25) is 0 Å². The maximum Gasteiger partial charge on any atom is 0.387 e. The lowest BCUT2D eigenvalue weighted by atomic mass is 9.97. The van der Waals surface area contributed by atoms with E-state index >= 15 is 0 Å². The van der Waals surface area contributed by atoms with Crippen LogP contribution in [0.5, 0.6) is 5.75 Å². The molecule has 2 aromatic rings. The molecule has 0 aliphatic carbocycles. The maximum atomic E-state index is 12.6. The quantitative estimate of drug-likeness (QED) is 0.919. The second kappa shape index (κ2) is 5.75. The molecule has 3 rings (SSSR count). The lowest BCUT2D eigenvalue weighted by molar-refractivity contribution is -0.0488. The Morgan fingerprint density at radius 2 is 2.00 bits per heavy atom. The second-order valence-electron chi connectivity index (χ2n) is 5.15. The van der Waals surface area contributed by atoms with Crippen LogP contribution >= 0.6 is 0 Å². The molecule has 1 aliphatic rings. The first kappa shape index (κ1) is 13.3. The molecule has 0 saturated carbocycles. The molecule has 1 aliphatic heterocycles. The van der Waals surface area contributed by atoms with Gasteiger partial charge in [-0.1, -0.05) is 30.3 Å². The van der Waals surface area contributed by atoms with Crippen molar-refractivity contribution in [3.8, 4) is 5.75 Å². The molecule has 1 fully saturated rings. The smallest absolute Gasteiger partial charge is 0.387 e. The van der Waals surface area contributed by atoms with Crippen molar-refractivity contribution in [1.29, 1.82) is 0 Å². The summed E-state index contributed by atoms with van der Waals surface area (Å²) in [7, 11) is 0. The van der Waals surface area contributed by atoms with E-state index in [1.807, 2.05) is 24.3 Å². The van der Waals surface area contributed by atoms with Gasteiger partial charge in [0.2, 0.25) is 0 Å². The molecule has 1 heterocycles. The number of benzene rings is 2. The molecule has 2 aromatic carbocycles. The van der Waals surface area contributed by atoms with Gasteiger partial charge in [-0.3, -0.25) is 0 Å². The van der Waals surface area contributed by atoms with E-state index < -0.39 is 6.61 Å². The lowest BCUT2D eigenvalue weighted by Crippen LogP contribution is -2.23. The topological polar surface area (TPSA) is 21.3 Å². The summed E-state index contributed by atoms with van der Waals surface area (Å²) in [6, 6.07) is 11.6. The van der Waals surface area contributed by atoms with Gasteiger partial charge in [0.15, 0.2) is 0 Å². The van der Waals surface area contributed by atoms with Crippen LogP contribution < -0.4 is 10.1 Å². The van der Waals surface area contributed by atoms with E-state index in [0.29, 0.717) is 6.04 Å². The Morgan fingerprint density at radius 1 is 1.20 bits per heavy atom. The van der Waals surface area contributed by atoms with Crippen molar-refractivity contribution in [2.24, 2.45) is 0 Å². The Morgan fingerprint density at radius 3 is 2.70 bits per heavy atom. The van der Waals surface area contributed by atoms with Crippen molar-refractivity contribution in [1.82, 2.24) is 5.32 Å². The number of ether oxygens (including phenoxy) is 1. The van der Waals surface area contributed by atoms with Crippen LogP contribution in [-0.4, -0.2) is 19.2 Å². The summed E-state index contributed by atoms with van der Waals surface area (Å²) in [5, 5.41) is 5.19. The Balaban J connectivity index is 2.01. The van der Waals surface area contributed by atoms with Crippen LogP contribution in [0.4, 0.5) is 8.78 Å². The number of rotatable bonds is 4. The molecule has 1 N–H and O–H groups in total. The average Bonchev–Trinajstić information content (AvgIpc) is 2.91. The molecule has 20 heavy (non-hydrogen) atoms. The molecule has 106 valence electrons. The molecule has 0 bridgehead atoms. The molecular formula is C16H17F2NO. The average molecular weight is 277 g/mol. The van der Waals surface area contributed by atoms with Crippen molar-refractivity contribution in [2.45, 2.75) is 31.9 Å². The molecule has 0 unspecified atom stereocenters. The third kappa shape index (κ3) is 2.75. The normalized spacial score (nSPS) is 18.9. The van der Waals surface area contributed by atoms with Gasteiger partial charge < -0.3 is 10.1 Å². The zero-order valence-corrected chi connectivity index (χ0v) is 11.1. The third-order valence-corrected chi connectivity index (χ3v) is 3.80. The minimum atomic E-state index is -2.79. The van der Waals surface area contributed by atoms with E-state index in [2.05, 4.69) is 10.1 Å². The highest BCUT2D eigenvalue weighted by atomic mass is 19.3. The van der Waals surface area contributed by atoms with Crippen LogP contribution in [-0.2, 0) is 6.42 Å². The van der Waals surface area contributed by atoms with E-state index in [-0.39, 0.29) is 5.75 Å². The number of nitrogens with one attached hydrogen (secondary N) is 1. The minimum absolute atomic E-state index is 0.270. The first-order valence-corrected chi connectivity index (χ1v) is 6.93. The molecule has 0 spiro atoms. The zero-order valence-electron chi connectivity index (χ0n) is 11.1. The molecule has 1 saturated heterocycles. The first-order valence-electron chi connectivity index (χ1n) is 6.93. The van der Waals surface area contributed by atoms with Gasteiger partial charge in [-0.15, -0.1) is 0 Å². The van der Waals surface area contributed by atoms with Gasteiger partial charge in [-0.05, 0) is 42.8 Å². The fourth-order valence-electron chi connectivity index (χ4n) is 2.94. The fourth-order valence-corrected chi connectivity index (χ4v) is 2.94. The third-order valence-electron chi connectivity index (χ3n) is 3.80. The fraction of sp³-hybridized carbons (Fsp3) is 0.375. The van der Waals surface area contributed by atoms with Crippen LogP contribution in [0.25, 0.3) is 10.8 Å².